The van der Waals surface area contributed by atoms with Crippen LogP contribution < -0.4 is 11.3 Å². The van der Waals surface area contributed by atoms with Gasteiger partial charge in [0.25, 0.3) is 0 Å². The molecule has 18 heavy (non-hydrogen) atoms. The number of nitrogens with two attached hydrogens (primary N) is 1. The fraction of sp³-hybridized carbons (Fsp3) is 0.500. The van der Waals surface area contributed by atoms with Crippen molar-refractivity contribution in [1.82, 2.24) is 20.2 Å². The average molecular weight is 265 g/mol. The van der Waals surface area contributed by atoms with E-state index in [2.05, 4.69) is 29.4 Å². The van der Waals surface area contributed by atoms with Gasteiger partial charge in [0, 0.05) is 24.0 Å². The van der Waals surface area contributed by atoms with Gasteiger partial charge >= 0.3 is 0 Å². The van der Waals surface area contributed by atoms with Gasteiger partial charge in [-0.25, -0.2) is 4.98 Å². The van der Waals surface area contributed by atoms with Crippen molar-refractivity contribution in [2.24, 2.45) is 5.84 Å². The van der Waals surface area contributed by atoms with Crippen LogP contribution in [0.1, 0.15) is 43.7 Å². The zero-order valence-corrected chi connectivity index (χ0v) is 11.5. The minimum atomic E-state index is 0.0246. The molecule has 0 fully saturated rings. The van der Waals surface area contributed by atoms with Crippen LogP contribution in [0.25, 0.3) is 0 Å². The maximum Gasteiger partial charge on any atom is 0.0795 e. The number of hydrogen-bond acceptors (Lipinski definition) is 5. The summed E-state index contributed by atoms with van der Waals surface area (Å²) >= 11 is 1.58. The summed E-state index contributed by atoms with van der Waals surface area (Å²) in [6.07, 6.45) is 3.85. The van der Waals surface area contributed by atoms with Gasteiger partial charge in [0.1, 0.15) is 0 Å². The molecule has 0 saturated carbocycles. The van der Waals surface area contributed by atoms with Gasteiger partial charge in [-0.2, -0.15) is 5.10 Å². The molecular formula is C12H19N5S. The molecule has 5 nitrogen and oxygen atoms in total. The Morgan fingerprint density at radius 2 is 2.39 bits per heavy atom. The van der Waals surface area contributed by atoms with Crippen LogP contribution >= 0.6 is 11.3 Å². The van der Waals surface area contributed by atoms with E-state index in [4.69, 9.17) is 5.84 Å². The summed E-state index contributed by atoms with van der Waals surface area (Å²) < 4.78 is 2.00. The van der Waals surface area contributed by atoms with E-state index in [1.165, 1.54) is 0 Å². The molecule has 2 aromatic rings. The number of rotatable bonds is 6. The maximum absolute atomic E-state index is 5.58. The van der Waals surface area contributed by atoms with Gasteiger partial charge in [0.2, 0.25) is 0 Å². The van der Waals surface area contributed by atoms with Gasteiger partial charge < -0.3 is 0 Å². The minimum absolute atomic E-state index is 0.0246. The first-order valence-corrected chi connectivity index (χ1v) is 7.07. The lowest BCUT2D eigenvalue weighted by Gasteiger charge is -2.12. The summed E-state index contributed by atoms with van der Waals surface area (Å²) in [5.41, 5.74) is 6.62. The molecular weight excluding hydrogens is 246 g/mol. The molecule has 2 unspecified atom stereocenters. The quantitative estimate of drug-likeness (QED) is 0.619. The van der Waals surface area contributed by atoms with Crippen LogP contribution in [0.4, 0.5) is 0 Å². The largest absolute Gasteiger partial charge is 0.271 e. The van der Waals surface area contributed by atoms with Crippen molar-refractivity contribution >= 4 is 11.3 Å². The Morgan fingerprint density at radius 3 is 3.00 bits per heavy atom. The first-order chi connectivity index (χ1) is 8.74. The van der Waals surface area contributed by atoms with Crippen molar-refractivity contribution in [3.63, 3.8) is 0 Å². The molecule has 0 aromatic carbocycles. The lowest BCUT2D eigenvalue weighted by atomic mass is 10.1. The highest BCUT2D eigenvalue weighted by Gasteiger charge is 2.14. The van der Waals surface area contributed by atoms with E-state index >= 15 is 0 Å². The third-order valence-corrected chi connectivity index (χ3v) is 3.73. The van der Waals surface area contributed by atoms with Crippen LogP contribution in [0, 0.1) is 0 Å². The lowest BCUT2D eigenvalue weighted by molar-refractivity contribution is 0.466. The average Bonchev–Trinajstić information content (AvgIpc) is 3.05. The van der Waals surface area contributed by atoms with Crippen molar-refractivity contribution in [2.45, 2.75) is 38.8 Å². The maximum atomic E-state index is 5.58. The Labute approximate surface area is 111 Å². The van der Waals surface area contributed by atoms with Crippen LogP contribution in [0.2, 0.25) is 0 Å². The Kier molecular flexibility index (Phi) is 4.46. The zero-order chi connectivity index (χ0) is 13.0. The molecule has 6 heteroatoms. The van der Waals surface area contributed by atoms with E-state index in [1.54, 1.807) is 11.3 Å². The molecule has 0 saturated heterocycles. The van der Waals surface area contributed by atoms with Crippen molar-refractivity contribution in [3.05, 3.63) is 34.5 Å². The molecule has 0 amide bonds. The predicted octanol–water partition coefficient (Wildman–Crippen LogP) is 2.06. The topological polar surface area (TPSA) is 68.8 Å². The first kappa shape index (κ1) is 13.2. The molecule has 0 radical (unpaired) electrons. The van der Waals surface area contributed by atoms with E-state index in [-0.39, 0.29) is 6.04 Å². The van der Waals surface area contributed by atoms with Gasteiger partial charge in [-0.1, -0.05) is 6.92 Å². The number of aromatic nitrogens is 3. The van der Waals surface area contributed by atoms with Crippen molar-refractivity contribution < 1.29 is 0 Å². The number of thiazole rings is 1. The highest BCUT2D eigenvalue weighted by molar-refractivity contribution is 7.07. The Hall–Kier alpha value is -1.24. The smallest absolute Gasteiger partial charge is 0.0795 e. The van der Waals surface area contributed by atoms with Crippen molar-refractivity contribution in [3.8, 4) is 0 Å². The summed E-state index contributed by atoms with van der Waals surface area (Å²) in [7, 11) is 0. The summed E-state index contributed by atoms with van der Waals surface area (Å²) in [5, 5.41) is 6.59. The summed E-state index contributed by atoms with van der Waals surface area (Å²) in [6, 6.07) is 2.50. The Morgan fingerprint density at radius 1 is 1.56 bits per heavy atom. The fourth-order valence-electron chi connectivity index (χ4n) is 1.77. The SMILES string of the molecule is CCC(C)n1ccc(CC(NN)c2cscn2)n1. The van der Waals surface area contributed by atoms with Gasteiger partial charge in [-0.3, -0.25) is 16.0 Å². The van der Waals surface area contributed by atoms with E-state index in [0.29, 0.717) is 6.04 Å². The van der Waals surface area contributed by atoms with Gasteiger partial charge in [-0.05, 0) is 19.4 Å². The number of nitrogens with one attached hydrogen (secondary N) is 1. The van der Waals surface area contributed by atoms with E-state index in [9.17, 15) is 0 Å². The first-order valence-electron chi connectivity index (χ1n) is 6.12. The zero-order valence-electron chi connectivity index (χ0n) is 10.7. The van der Waals surface area contributed by atoms with Gasteiger partial charge in [0.15, 0.2) is 0 Å². The van der Waals surface area contributed by atoms with Crippen molar-refractivity contribution in [2.75, 3.05) is 0 Å². The molecule has 0 spiro atoms. The van der Waals surface area contributed by atoms with Crippen LogP contribution in [0.5, 0.6) is 0 Å². The lowest BCUT2D eigenvalue weighted by Crippen LogP contribution is -2.30. The van der Waals surface area contributed by atoms with Crippen LogP contribution in [-0.4, -0.2) is 14.8 Å². The normalized spacial score (nSPS) is 14.6. The van der Waals surface area contributed by atoms with Crippen LogP contribution in [-0.2, 0) is 6.42 Å². The molecule has 2 heterocycles. The molecule has 2 rings (SSSR count). The van der Waals surface area contributed by atoms with Crippen LogP contribution in [0.15, 0.2) is 23.2 Å². The highest BCUT2D eigenvalue weighted by atomic mass is 32.1. The Balaban J connectivity index is 2.06. The second-order valence-electron chi connectivity index (χ2n) is 4.38. The summed E-state index contributed by atoms with van der Waals surface area (Å²) in [5.74, 6) is 5.58. The molecule has 2 atom stereocenters. The highest BCUT2D eigenvalue weighted by Crippen LogP contribution is 2.17. The van der Waals surface area contributed by atoms with E-state index in [1.807, 2.05) is 27.8 Å². The third-order valence-electron chi connectivity index (χ3n) is 3.13. The number of hydrogen-bond donors (Lipinski definition) is 2. The monoisotopic (exact) mass is 265 g/mol. The van der Waals surface area contributed by atoms with Gasteiger partial charge in [-0.15, -0.1) is 11.3 Å². The standard InChI is InChI=1S/C12H19N5S/c1-3-9(2)17-5-4-10(16-17)6-11(15-13)12-7-18-8-14-12/h4-5,7-9,11,15H,3,6,13H2,1-2H3. The molecule has 3 N–H and O–H groups in total. The summed E-state index contributed by atoms with van der Waals surface area (Å²) in [6.45, 7) is 4.32. The molecule has 2 aromatic heterocycles. The Bertz CT molecular complexity index is 465. The predicted molar refractivity (Wildman–Crippen MR) is 73.1 cm³/mol. The van der Waals surface area contributed by atoms with Gasteiger partial charge in [0.05, 0.1) is 22.9 Å². The molecule has 0 aliphatic rings. The second kappa shape index (κ2) is 6.08. The van der Waals surface area contributed by atoms with E-state index < -0.39 is 0 Å². The van der Waals surface area contributed by atoms with Crippen molar-refractivity contribution in [1.29, 1.82) is 0 Å². The van der Waals surface area contributed by atoms with Crippen LogP contribution in [0.3, 0.4) is 0 Å². The number of nitrogens with zero attached hydrogens (tertiary/aromatic N) is 3. The molecule has 0 aliphatic carbocycles. The molecule has 98 valence electrons. The minimum Gasteiger partial charge on any atom is -0.271 e. The number of hydrazine groups is 1. The fourth-order valence-corrected chi connectivity index (χ4v) is 2.38. The second-order valence-corrected chi connectivity index (χ2v) is 5.10. The third kappa shape index (κ3) is 2.95. The summed E-state index contributed by atoms with van der Waals surface area (Å²) in [4.78, 5) is 4.28. The molecule has 0 bridgehead atoms. The van der Waals surface area contributed by atoms with E-state index in [0.717, 1.165) is 24.2 Å². The molecule has 0 aliphatic heterocycles.